The minimum Gasteiger partial charge on any atom is -0.294 e. The topological polar surface area (TPSA) is 69.4 Å². The van der Waals surface area contributed by atoms with Crippen molar-refractivity contribution in [1.82, 2.24) is 29.5 Å². The molecule has 6 heteroatoms. The monoisotopic (exact) mass is 704 g/mol. The quantitative estimate of drug-likeness (QED) is 0.165. The average molecular weight is 705 g/mol. The third kappa shape index (κ3) is 6.11. The van der Waals surface area contributed by atoms with Crippen molar-refractivity contribution >= 4 is 21.8 Å². The van der Waals surface area contributed by atoms with Gasteiger partial charge in [-0.15, -0.1) is 0 Å². The summed E-state index contributed by atoms with van der Waals surface area (Å²) in [5.41, 5.74) is 11.6. The lowest BCUT2D eigenvalue weighted by molar-refractivity contribution is 1.07. The van der Waals surface area contributed by atoms with E-state index in [1.54, 1.807) is 0 Å². The zero-order valence-corrected chi connectivity index (χ0v) is 29.7. The van der Waals surface area contributed by atoms with Crippen LogP contribution >= 0.6 is 0 Å². The second-order valence-electron chi connectivity index (χ2n) is 13.4. The van der Waals surface area contributed by atoms with E-state index in [0.717, 1.165) is 77.8 Å². The van der Waals surface area contributed by atoms with Crippen LogP contribution in [-0.2, 0) is 0 Å². The van der Waals surface area contributed by atoms with Gasteiger partial charge in [0.2, 0.25) is 0 Å². The summed E-state index contributed by atoms with van der Waals surface area (Å²) in [6.07, 6.45) is 3.67. The lowest BCUT2D eigenvalue weighted by atomic mass is 9.99. The van der Waals surface area contributed by atoms with Crippen LogP contribution in [0, 0.1) is 0 Å². The smallest absolute Gasteiger partial charge is 0.164 e. The molecule has 6 aromatic carbocycles. The zero-order chi connectivity index (χ0) is 36.6. The van der Waals surface area contributed by atoms with Gasteiger partial charge in [-0.25, -0.2) is 19.9 Å². The Balaban J connectivity index is 1.05. The largest absolute Gasteiger partial charge is 0.294 e. The van der Waals surface area contributed by atoms with E-state index >= 15 is 0 Å². The lowest BCUT2D eigenvalue weighted by Crippen LogP contribution is -2.00. The molecular weight excluding hydrogens is 673 g/mol. The van der Waals surface area contributed by atoms with Crippen molar-refractivity contribution in [2.75, 3.05) is 0 Å². The average Bonchev–Trinajstić information content (AvgIpc) is 3.60. The first kappa shape index (κ1) is 32.1. The molecule has 0 bridgehead atoms. The van der Waals surface area contributed by atoms with Crippen molar-refractivity contribution in [3.05, 3.63) is 194 Å². The molecule has 0 aliphatic rings. The van der Waals surface area contributed by atoms with Gasteiger partial charge in [0.05, 0.1) is 16.7 Å². The molecule has 0 spiro atoms. The fourth-order valence-electron chi connectivity index (χ4n) is 7.23. The number of nitrogens with zero attached hydrogens (tertiary/aromatic N) is 6. The third-order valence-corrected chi connectivity index (χ3v) is 10.00. The highest BCUT2D eigenvalue weighted by Crippen LogP contribution is 2.37. The van der Waals surface area contributed by atoms with Crippen molar-refractivity contribution in [1.29, 1.82) is 0 Å². The maximum atomic E-state index is 4.93. The minimum atomic E-state index is 0.633. The van der Waals surface area contributed by atoms with Crippen LogP contribution < -0.4 is 0 Å². The first-order chi connectivity index (χ1) is 27.2. The fraction of sp³-hybridized carbons (Fsp3) is 0. The molecule has 6 nitrogen and oxygen atoms in total. The van der Waals surface area contributed by atoms with Crippen LogP contribution in [0.2, 0.25) is 0 Å². The molecule has 0 amide bonds. The van der Waals surface area contributed by atoms with E-state index in [0.29, 0.717) is 17.5 Å². The van der Waals surface area contributed by atoms with Gasteiger partial charge in [0, 0.05) is 45.4 Å². The number of fused-ring (bicyclic) bond motifs is 3. The molecule has 4 heterocycles. The predicted molar refractivity (Wildman–Crippen MR) is 222 cm³/mol. The SMILES string of the molecule is c1ccc(-c2nc(-c3ccccc3)nc(-c3ccc(-c4ccc5c(c4)c4cc(-c6ccc(-c7ccccn7)cc6)ccc4n5-c4ccccn4)cc3)n2)cc1. The Labute approximate surface area is 318 Å². The molecular formula is C49H32N6. The third-order valence-electron chi connectivity index (χ3n) is 10.00. The first-order valence-corrected chi connectivity index (χ1v) is 18.2. The summed E-state index contributed by atoms with van der Waals surface area (Å²) in [7, 11) is 0. The Morgan fingerprint density at radius 1 is 0.309 bits per heavy atom. The number of benzene rings is 6. The van der Waals surface area contributed by atoms with Gasteiger partial charge in [0.1, 0.15) is 5.82 Å². The van der Waals surface area contributed by atoms with E-state index < -0.39 is 0 Å². The summed E-state index contributed by atoms with van der Waals surface area (Å²) >= 11 is 0. The summed E-state index contributed by atoms with van der Waals surface area (Å²) in [5, 5.41) is 2.32. The number of hydrogen-bond acceptors (Lipinski definition) is 5. The molecule has 0 radical (unpaired) electrons. The Morgan fingerprint density at radius 3 is 1.20 bits per heavy atom. The van der Waals surface area contributed by atoms with E-state index in [1.807, 2.05) is 103 Å². The molecule has 0 unspecified atom stereocenters. The molecule has 0 aliphatic carbocycles. The molecule has 55 heavy (non-hydrogen) atoms. The molecule has 4 aromatic heterocycles. The second kappa shape index (κ2) is 13.8. The van der Waals surface area contributed by atoms with E-state index in [9.17, 15) is 0 Å². The maximum Gasteiger partial charge on any atom is 0.164 e. The van der Waals surface area contributed by atoms with Crippen LogP contribution in [0.1, 0.15) is 0 Å². The molecule has 10 aromatic rings. The highest BCUT2D eigenvalue weighted by atomic mass is 15.1. The Bertz CT molecular complexity index is 2870. The zero-order valence-electron chi connectivity index (χ0n) is 29.7. The molecule has 10 rings (SSSR count). The molecule has 0 fully saturated rings. The molecule has 0 atom stereocenters. The summed E-state index contributed by atoms with van der Waals surface area (Å²) in [5.74, 6) is 2.81. The van der Waals surface area contributed by atoms with Crippen molar-refractivity contribution < 1.29 is 0 Å². The summed E-state index contributed by atoms with van der Waals surface area (Å²) < 4.78 is 2.25. The van der Waals surface area contributed by atoms with Gasteiger partial charge in [-0.2, -0.15) is 0 Å². The van der Waals surface area contributed by atoms with Gasteiger partial charge in [0.25, 0.3) is 0 Å². The lowest BCUT2D eigenvalue weighted by Gasteiger charge is -2.09. The van der Waals surface area contributed by atoms with Crippen molar-refractivity contribution in [3.63, 3.8) is 0 Å². The summed E-state index contributed by atoms with van der Waals surface area (Å²) in [4.78, 5) is 24.0. The number of hydrogen-bond donors (Lipinski definition) is 0. The van der Waals surface area contributed by atoms with E-state index in [2.05, 4.69) is 101 Å². The van der Waals surface area contributed by atoms with Gasteiger partial charge < -0.3 is 0 Å². The molecule has 258 valence electrons. The molecule has 0 saturated heterocycles. The van der Waals surface area contributed by atoms with Crippen molar-refractivity contribution in [2.24, 2.45) is 0 Å². The first-order valence-electron chi connectivity index (χ1n) is 18.2. The van der Waals surface area contributed by atoms with E-state index in [1.165, 1.54) is 0 Å². The summed E-state index contributed by atoms with van der Waals surface area (Å²) in [6, 6.07) is 62.7. The maximum absolute atomic E-state index is 4.93. The van der Waals surface area contributed by atoms with Gasteiger partial charge in [-0.05, 0) is 70.8 Å². The molecule has 0 saturated carbocycles. The normalized spacial score (nSPS) is 11.3. The highest BCUT2D eigenvalue weighted by Gasteiger charge is 2.16. The van der Waals surface area contributed by atoms with Crippen LogP contribution in [0.25, 0.3) is 95.3 Å². The van der Waals surface area contributed by atoms with Gasteiger partial charge >= 0.3 is 0 Å². The van der Waals surface area contributed by atoms with Gasteiger partial charge in [0.15, 0.2) is 17.5 Å². The van der Waals surface area contributed by atoms with Crippen LogP contribution in [0.5, 0.6) is 0 Å². The predicted octanol–water partition coefficient (Wildman–Crippen LogP) is 11.8. The second-order valence-corrected chi connectivity index (χ2v) is 13.4. The number of pyridine rings is 2. The van der Waals surface area contributed by atoms with Crippen LogP contribution in [0.4, 0.5) is 0 Å². The molecule has 0 N–H and O–H groups in total. The van der Waals surface area contributed by atoms with Crippen LogP contribution in [0.15, 0.2) is 194 Å². The number of aromatic nitrogens is 6. The number of rotatable bonds is 7. The van der Waals surface area contributed by atoms with Gasteiger partial charge in [-0.1, -0.05) is 133 Å². The molecule has 0 aliphatic heterocycles. The minimum absolute atomic E-state index is 0.633. The Morgan fingerprint density at radius 2 is 0.727 bits per heavy atom. The van der Waals surface area contributed by atoms with Crippen molar-refractivity contribution in [3.8, 4) is 73.5 Å². The van der Waals surface area contributed by atoms with Crippen LogP contribution in [0.3, 0.4) is 0 Å². The van der Waals surface area contributed by atoms with E-state index in [-0.39, 0.29) is 0 Å². The Kier molecular flexibility index (Phi) is 8.04. The van der Waals surface area contributed by atoms with E-state index in [4.69, 9.17) is 19.9 Å². The standard InChI is InChI=1S/C49H32N6/c1-3-11-36(12-4-1)47-52-48(37-13-5-2-6-14-37)54-49(53-47)38-23-19-34(20-24-38)40-26-28-45-42(32-40)41-31-39(25-27-44(41)55(45)46-16-8-10-30-51-46)33-17-21-35(22-18-33)43-15-7-9-29-50-43/h1-32H. The van der Waals surface area contributed by atoms with Gasteiger partial charge in [-0.3, -0.25) is 9.55 Å². The highest BCUT2D eigenvalue weighted by molar-refractivity contribution is 6.11. The fourth-order valence-corrected chi connectivity index (χ4v) is 7.23. The van der Waals surface area contributed by atoms with Crippen LogP contribution in [-0.4, -0.2) is 29.5 Å². The Hall–Kier alpha value is -7.57. The summed E-state index contributed by atoms with van der Waals surface area (Å²) in [6.45, 7) is 0. The van der Waals surface area contributed by atoms with Crippen molar-refractivity contribution in [2.45, 2.75) is 0 Å².